The van der Waals surface area contributed by atoms with Crippen LogP contribution in [-0.4, -0.2) is 11.5 Å². The quantitative estimate of drug-likeness (QED) is 0.904. The van der Waals surface area contributed by atoms with E-state index in [9.17, 15) is 4.39 Å². The third-order valence-electron chi connectivity index (χ3n) is 2.17. The van der Waals surface area contributed by atoms with Gasteiger partial charge in [-0.15, -0.1) is 0 Å². The van der Waals surface area contributed by atoms with Crippen LogP contribution in [0.4, 0.5) is 9.52 Å². The molecule has 1 aromatic carbocycles. The average molecular weight is 287 g/mol. The number of nitrogens with zero attached hydrogens (tertiary/aromatic N) is 1. The number of halogens is 2. The van der Waals surface area contributed by atoms with Crippen molar-refractivity contribution in [3.8, 4) is 5.75 Å². The zero-order chi connectivity index (χ0) is 13.0. The van der Waals surface area contributed by atoms with Crippen LogP contribution in [0.2, 0.25) is 5.02 Å². The number of hydrogen-bond donors (Lipinski definition) is 1. The first kappa shape index (κ1) is 13.1. The van der Waals surface area contributed by atoms with E-state index in [-0.39, 0.29) is 17.4 Å². The van der Waals surface area contributed by atoms with Crippen LogP contribution in [0.3, 0.4) is 0 Å². The highest BCUT2D eigenvalue weighted by molar-refractivity contribution is 7.15. The van der Waals surface area contributed by atoms with E-state index in [1.807, 2.05) is 6.92 Å². The van der Waals surface area contributed by atoms with Crippen molar-refractivity contribution < 1.29 is 9.13 Å². The number of rotatable bonds is 5. The van der Waals surface area contributed by atoms with E-state index in [0.29, 0.717) is 0 Å². The number of benzene rings is 1. The van der Waals surface area contributed by atoms with Gasteiger partial charge in [0, 0.05) is 12.7 Å². The van der Waals surface area contributed by atoms with E-state index in [1.54, 1.807) is 18.3 Å². The van der Waals surface area contributed by atoms with Gasteiger partial charge in [-0.25, -0.2) is 9.37 Å². The number of hydrogen-bond acceptors (Lipinski definition) is 4. The second-order valence-corrected chi connectivity index (χ2v) is 5.03. The van der Waals surface area contributed by atoms with Crippen LogP contribution in [0.5, 0.6) is 5.75 Å². The minimum absolute atomic E-state index is 0.0603. The molecule has 0 spiro atoms. The lowest BCUT2D eigenvalue weighted by atomic mass is 10.3. The molecule has 18 heavy (non-hydrogen) atoms. The molecule has 0 aliphatic carbocycles. The van der Waals surface area contributed by atoms with E-state index in [0.717, 1.165) is 16.6 Å². The fourth-order valence-electron chi connectivity index (χ4n) is 1.35. The Bertz CT molecular complexity index is 533. The molecule has 96 valence electrons. The van der Waals surface area contributed by atoms with Crippen LogP contribution in [0, 0.1) is 5.82 Å². The molecule has 0 unspecified atom stereocenters. The smallest absolute Gasteiger partial charge is 0.183 e. The largest absolute Gasteiger partial charge is 0.485 e. The Morgan fingerprint density at radius 1 is 1.50 bits per heavy atom. The van der Waals surface area contributed by atoms with Gasteiger partial charge in [-0.3, -0.25) is 0 Å². The lowest BCUT2D eigenvalue weighted by Crippen LogP contribution is -1.95. The van der Waals surface area contributed by atoms with Crippen molar-refractivity contribution in [3.05, 3.63) is 40.1 Å². The summed E-state index contributed by atoms with van der Waals surface area (Å²) < 4.78 is 18.9. The Kier molecular flexibility index (Phi) is 4.38. The molecule has 1 N–H and O–H groups in total. The summed E-state index contributed by atoms with van der Waals surface area (Å²) in [5, 5.41) is 4.00. The summed E-state index contributed by atoms with van der Waals surface area (Å²) in [6.45, 7) is 3.09. The Labute approximate surface area is 114 Å². The van der Waals surface area contributed by atoms with Crippen molar-refractivity contribution in [1.82, 2.24) is 4.98 Å². The maximum Gasteiger partial charge on any atom is 0.183 e. The number of anilines is 1. The normalized spacial score (nSPS) is 10.4. The number of nitrogens with one attached hydrogen (secondary N) is 1. The van der Waals surface area contributed by atoms with E-state index in [2.05, 4.69) is 10.3 Å². The minimum atomic E-state index is -0.532. The van der Waals surface area contributed by atoms with E-state index in [4.69, 9.17) is 16.3 Å². The van der Waals surface area contributed by atoms with Gasteiger partial charge in [0.2, 0.25) is 0 Å². The maximum atomic E-state index is 13.5. The molecular weight excluding hydrogens is 275 g/mol. The van der Waals surface area contributed by atoms with Gasteiger partial charge in [-0.2, -0.15) is 0 Å². The average Bonchev–Trinajstić information content (AvgIpc) is 2.79. The van der Waals surface area contributed by atoms with E-state index < -0.39 is 5.82 Å². The van der Waals surface area contributed by atoms with Crippen molar-refractivity contribution in [2.75, 3.05) is 11.9 Å². The van der Waals surface area contributed by atoms with E-state index >= 15 is 0 Å². The number of thiazole rings is 1. The molecule has 6 heteroatoms. The molecule has 2 aromatic rings. The molecule has 0 saturated carbocycles. The molecule has 0 radical (unpaired) electrons. The van der Waals surface area contributed by atoms with Crippen LogP contribution in [0.15, 0.2) is 24.4 Å². The van der Waals surface area contributed by atoms with Crippen molar-refractivity contribution >= 4 is 28.1 Å². The summed E-state index contributed by atoms with van der Waals surface area (Å²) in [5.74, 6) is -0.378. The first-order chi connectivity index (χ1) is 8.70. The highest BCUT2D eigenvalue weighted by Gasteiger charge is 2.08. The maximum absolute atomic E-state index is 13.5. The molecule has 3 nitrogen and oxygen atoms in total. The molecule has 1 aromatic heterocycles. The second-order valence-electron chi connectivity index (χ2n) is 3.50. The number of aromatic nitrogens is 1. The highest BCUT2D eigenvalue weighted by atomic mass is 35.5. The summed E-state index contributed by atoms with van der Waals surface area (Å²) >= 11 is 7.15. The predicted molar refractivity (Wildman–Crippen MR) is 72.0 cm³/mol. The van der Waals surface area contributed by atoms with Crippen molar-refractivity contribution in [1.29, 1.82) is 0 Å². The topological polar surface area (TPSA) is 34.2 Å². The Hall–Kier alpha value is -1.33. The first-order valence-electron chi connectivity index (χ1n) is 5.46. The molecule has 0 saturated heterocycles. The van der Waals surface area contributed by atoms with Gasteiger partial charge in [0.05, 0.1) is 9.90 Å². The molecule has 0 amide bonds. The number of ether oxygens (including phenoxy) is 1. The van der Waals surface area contributed by atoms with Gasteiger partial charge in [-0.1, -0.05) is 29.0 Å². The van der Waals surface area contributed by atoms with Crippen LogP contribution in [0.25, 0.3) is 0 Å². The first-order valence-corrected chi connectivity index (χ1v) is 6.65. The molecule has 2 rings (SSSR count). The monoisotopic (exact) mass is 286 g/mol. The van der Waals surface area contributed by atoms with Crippen molar-refractivity contribution in [2.24, 2.45) is 0 Å². The van der Waals surface area contributed by atoms with Gasteiger partial charge < -0.3 is 10.1 Å². The molecular formula is C12H12ClFN2OS. The Morgan fingerprint density at radius 3 is 3.11 bits per heavy atom. The highest BCUT2D eigenvalue weighted by Crippen LogP contribution is 2.26. The van der Waals surface area contributed by atoms with Crippen LogP contribution in [-0.2, 0) is 6.61 Å². The third kappa shape index (κ3) is 3.11. The third-order valence-corrected chi connectivity index (χ3v) is 3.39. The molecule has 0 bridgehead atoms. The SMILES string of the molecule is CCNc1ncc(COc2cccc(Cl)c2F)s1. The van der Waals surface area contributed by atoms with Crippen LogP contribution < -0.4 is 10.1 Å². The Balaban J connectivity index is 2.00. The molecule has 0 fully saturated rings. The fourth-order valence-corrected chi connectivity index (χ4v) is 2.31. The van der Waals surface area contributed by atoms with Gasteiger partial charge in [0.25, 0.3) is 0 Å². The molecule has 0 atom stereocenters. The summed E-state index contributed by atoms with van der Waals surface area (Å²) in [7, 11) is 0. The van der Waals surface area contributed by atoms with Gasteiger partial charge in [-0.05, 0) is 19.1 Å². The summed E-state index contributed by atoms with van der Waals surface area (Å²) in [6.07, 6.45) is 1.71. The minimum Gasteiger partial charge on any atom is -0.485 e. The van der Waals surface area contributed by atoms with Crippen LogP contribution >= 0.6 is 22.9 Å². The van der Waals surface area contributed by atoms with Crippen molar-refractivity contribution in [3.63, 3.8) is 0 Å². The summed E-state index contributed by atoms with van der Waals surface area (Å²) in [5.41, 5.74) is 0. The van der Waals surface area contributed by atoms with Crippen LogP contribution in [0.1, 0.15) is 11.8 Å². The van der Waals surface area contributed by atoms with Gasteiger partial charge >= 0.3 is 0 Å². The zero-order valence-corrected chi connectivity index (χ0v) is 11.3. The lowest BCUT2D eigenvalue weighted by Gasteiger charge is -2.06. The standard InChI is InChI=1S/C12H12ClFN2OS/c1-2-15-12-16-6-8(18-12)7-17-10-5-3-4-9(13)11(10)14/h3-6H,2,7H2,1H3,(H,15,16). The molecule has 1 heterocycles. The van der Waals surface area contributed by atoms with Gasteiger partial charge in [0.15, 0.2) is 16.7 Å². The summed E-state index contributed by atoms with van der Waals surface area (Å²) in [4.78, 5) is 5.09. The second kappa shape index (κ2) is 6.02. The molecule has 0 aliphatic rings. The Morgan fingerprint density at radius 2 is 2.33 bits per heavy atom. The predicted octanol–water partition coefficient (Wildman–Crippen LogP) is 3.95. The lowest BCUT2D eigenvalue weighted by molar-refractivity contribution is 0.293. The van der Waals surface area contributed by atoms with Crippen molar-refractivity contribution in [2.45, 2.75) is 13.5 Å². The zero-order valence-electron chi connectivity index (χ0n) is 9.74. The van der Waals surface area contributed by atoms with E-state index in [1.165, 1.54) is 17.4 Å². The van der Waals surface area contributed by atoms with Gasteiger partial charge in [0.1, 0.15) is 6.61 Å². The molecule has 0 aliphatic heterocycles. The fraction of sp³-hybridized carbons (Fsp3) is 0.250. The summed E-state index contributed by atoms with van der Waals surface area (Å²) in [6, 6.07) is 4.69.